The molecule has 0 atom stereocenters. The molecule has 14 heavy (non-hydrogen) atoms. The van der Waals surface area contributed by atoms with Gasteiger partial charge in [-0.3, -0.25) is 0 Å². The minimum Gasteiger partial charge on any atom is -0.465 e. The van der Waals surface area contributed by atoms with E-state index < -0.39 is 5.97 Å². The smallest absolute Gasteiger partial charge is 0.339 e. The van der Waals surface area contributed by atoms with Gasteiger partial charge in [0, 0.05) is 6.54 Å². The molecule has 0 aliphatic heterocycles. The van der Waals surface area contributed by atoms with Crippen molar-refractivity contribution in [2.75, 3.05) is 19.0 Å². The third-order valence-electron chi connectivity index (χ3n) is 1.75. The average Bonchev–Trinajstić information content (AvgIpc) is 2.17. The Morgan fingerprint density at radius 1 is 1.57 bits per heavy atom. The van der Waals surface area contributed by atoms with Gasteiger partial charge in [-0.05, 0) is 25.1 Å². The second-order valence-corrected chi connectivity index (χ2v) is 2.71. The van der Waals surface area contributed by atoms with Crippen molar-refractivity contribution in [2.24, 2.45) is 0 Å². The van der Waals surface area contributed by atoms with Crippen molar-refractivity contribution in [1.29, 1.82) is 0 Å². The van der Waals surface area contributed by atoms with Gasteiger partial charge in [-0.2, -0.15) is 0 Å². The molecule has 4 heteroatoms. The topological polar surface area (TPSA) is 38.3 Å². The summed E-state index contributed by atoms with van der Waals surface area (Å²) >= 11 is 0. The molecule has 0 heterocycles. The molecule has 0 amide bonds. The van der Waals surface area contributed by atoms with E-state index in [2.05, 4.69) is 10.1 Å². The van der Waals surface area contributed by atoms with Crippen LogP contribution in [0.3, 0.4) is 0 Å². The Bertz CT molecular complexity index is 339. The van der Waals surface area contributed by atoms with Crippen LogP contribution >= 0.6 is 0 Å². The molecule has 3 nitrogen and oxygen atoms in total. The molecule has 0 aliphatic carbocycles. The molecule has 0 aromatic heterocycles. The third-order valence-corrected chi connectivity index (χ3v) is 1.75. The molecule has 1 aromatic carbocycles. The number of carbonyl (C=O) groups is 1. The Kier molecular flexibility index (Phi) is 3.45. The number of halogens is 1. The largest absolute Gasteiger partial charge is 0.465 e. The highest BCUT2D eigenvalue weighted by Crippen LogP contribution is 2.17. The molecule has 0 spiro atoms. The van der Waals surface area contributed by atoms with E-state index in [-0.39, 0.29) is 5.82 Å². The lowest BCUT2D eigenvalue weighted by atomic mass is 10.1. The van der Waals surface area contributed by atoms with Crippen molar-refractivity contribution in [3.05, 3.63) is 29.6 Å². The van der Waals surface area contributed by atoms with E-state index in [4.69, 9.17) is 0 Å². The van der Waals surface area contributed by atoms with E-state index in [1.165, 1.54) is 25.3 Å². The minimum absolute atomic E-state index is 0.343. The van der Waals surface area contributed by atoms with Crippen molar-refractivity contribution in [2.45, 2.75) is 6.92 Å². The number of anilines is 1. The highest BCUT2D eigenvalue weighted by Gasteiger charge is 2.11. The molecule has 0 fully saturated rings. The summed E-state index contributed by atoms with van der Waals surface area (Å²) in [7, 11) is 1.29. The highest BCUT2D eigenvalue weighted by atomic mass is 19.1. The lowest BCUT2D eigenvalue weighted by molar-refractivity contribution is 0.0602. The Labute approximate surface area is 81.9 Å². The number of esters is 1. The standard InChI is InChI=1S/C10H12FNO2/c1-3-12-9-6-7(11)4-5-8(9)10(13)14-2/h4-6,12H,3H2,1-2H3. The number of hydrogen-bond donors (Lipinski definition) is 1. The van der Waals surface area contributed by atoms with E-state index in [1.54, 1.807) is 0 Å². The van der Waals surface area contributed by atoms with Crippen LogP contribution < -0.4 is 5.32 Å². The Hall–Kier alpha value is -1.58. The Morgan fingerprint density at radius 2 is 2.29 bits per heavy atom. The number of carbonyl (C=O) groups excluding carboxylic acids is 1. The maximum Gasteiger partial charge on any atom is 0.339 e. The minimum atomic E-state index is -0.471. The van der Waals surface area contributed by atoms with E-state index in [0.29, 0.717) is 17.8 Å². The van der Waals surface area contributed by atoms with Crippen molar-refractivity contribution in [1.82, 2.24) is 0 Å². The molecular weight excluding hydrogens is 185 g/mol. The van der Waals surface area contributed by atoms with Crippen LogP contribution in [0.1, 0.15) is 17.3 Å². The normalized spacial score (nSPS) is 9.64. The fraction of sp³-hybridized carbons (Fsp3) is 0.300. The summed E-state index contributed by atoms with van der Waals surface area (Å²) in [5, 5.41) is 2.89. The molecular formula is C10H12FNO2. The van der Waals surface area contributed by atoms with Gasteiger partial charge in [-0.15, -0.1) is 0 Å². The van der Waals surface area contributed by atoms with Gasteiger partial charge in [0.1, 0.15) is 5.82 Å². The van der Waals surface area contributed by atoms with Gasteiger partial charge >= 0.3 is 5.97 Å². The molecule has 0 bridgehead atoms. The second-order valence-electron chi connectivity index (χ2n) is 2.71. The van der Waals surface area contributed by atoms with Gasteiger partial charge in [-0.1, -0.05) is 0 Å². The first-order valence-electron chi connectivity index (χ1n) is 4.30. The summed E-state index contributed by atoms with van der Waals surface area (Å²) < 4.78 is 17.4. The van der Waals surface area contributed by atoms with E-state index in [1.807, 2.05) is 6.92 Å². The molecule has 0 radical (unpaired) electrons. The SMILES string of the molecule is CCNc1cc(F)ccc1C(=O)OC. The number of methoxy groups -OCH3 is 1. The molecule has 1 rings (SSSR count). The van der Waals surface area contributed by atoms with Gasteiger partial charge in [0.15, 0.2) is 0 Å². The summed E-state index contributed by atoms with van der Waals surface area (Å²) in [5.41, 5.74) is 0.801. The lowest BCUT2D eigenvalue weighted by Gasteiger charge is -2.08. The van der Waals surface area contributed by atoms with Crippen LogP contribution in [0, 0.1) is 5.82 Å². The molecule has 76 valence electrons. The quantitative estimate of drug-likeness (QED) is 0.753. The van der Waals surface area contributed by atoms with Crippen molar-refractivity contribution in [3.8, 4) is 0 Å². The number of benzene rings is 1. The predicted molar refractivity (Wildman–Crippen MR) is 51.9 cm³/mol. The molecule has 1 aromatic rings. The molecule has 0 saturated heterocycles. The summed E-state index contributed by atoms with van der Waals surface area (Å²) in [6.45, 7) is 2.49. The Morgan fingerprint density at radius 3 is 2.86 bits per heavy atom. The number of hydrogen-bond acceptors (Lipinski definition) is 3. The molecule has 1 N–H and O–H groups in total. The third kappa shape index (κ3) is 2.22. The van der Waals surface area contributed by atoms with E-state index in [0.717, 1.165) is 0 Å². The lowest BCUT2D eigenvalue weighted by Crippen LogP contribution is -2.08. The first-order valence-corrected chi connectivity index (χ1v) is 4.30. The first-order chi connectivity index (χ1) is 6.69. The number of rotatable bonds is 3. The van der Waals surface area contributed by atoms with Crippen LogP contribution in [0.4, 0.5) is 10.1 Å². The van der Waals surface area contributed by atoms with E-state index >= 15 is 0 Å². The van der Waals surface area contributed by atoms with Gasteiger partial charge in [-0.25, -0.2) is 9.18 Å². The second kappa shape index (κ2) is 4.60. The summed E-state index contributed by atoms with van der Waals surface area (Å²) in [4.78, 5) is 11.2. The zero-order valence-electron chi connectivity index (χ0n) is 8.13. The number of nitrogens with one attached hydrogen (secondary N) is 1. The van der Waals surface area contributed by atoms with Crippen LogP contribution in [-0.4, -0.2) is 19.6 Å². The van der Waals surface area contributed by atoms with Crippen molar-refractivity contribution in [3.63, 3.8) is 0 Å². The molecule has 0 aliphatic rings. The summed E-state index contributed by atoms with van der Waals surface area (Å²) in [5.74, 6) is -0.852. The number of ether oxygens (including phenoxy) is 1. The van der Waals surface area contributed by atoms with Crippen molar-refractivity contribution >= 4 is 11.7 Å². The van der Waals surface area contributed by atoms with Gasteiger partial charge in [0.25, 0.3) is 0 Å². The summed E-state index contributed by atoms with van der Waals surface area (Å²) in [6.07, 6.45) is 0. The van der Waals surface area contributed by atoms with Crippen LogP contribution in [-0.2, 0) is 4.74 Å². The maximum atomic E-state index is 12.8. The maximum absolute atomic E-state index is 12.8. The zero-order chi connectivity index (χ0) is 10.6. The highest BCUT2D eigenvalue weighted by molar-refractivity contribution is 5.95. The fourth-order valence-electron chi connectivity index (χ4n) is 1.14. The van der Waals surface area contributed by atoms with Gasteiger partial charge in [0.05, 0.1) is 18.4 Å². The zero-order valence-corrected chi connectivity index (χ0v) is 8.13. The monoisotopic (exact) mass is 197 g/mol. The fourth-order valence-corrected chi connectivity index (χ4v) is 1.14. The van der Waals surface area contributed by atoms with Gasteiger partial charge in [0.2, 0.25) is 0 Å². The van der Waals surface area contributed by atoms with Crippen LogP contribution in [0.25, 0.3) is 0 Å². The van der Waals surface area contributed by atoms with Crippen LogP contribution in [0.2, 0.25) is 0 Å². The van der Waals surface area contributed by atoms with Crippen molar-refractivity contribution < 1.29 is 13.9 Å². The van der Waals surface area contributed by atoms with Crippen LogP contribution in [0.5, 0.6) is 0 Å². The first kappa shape index (κ1) is 10.5. The van der Waals surface area contributed by atoms with Crippen LogP contribution in [0.15, 0.2) is 18.2 Å². The van der Waals surface area contributed by atoms with E-state index in [9.17, 15) is 9.18 Å². The average molecular weight is 197 g/mol. The molecule has 0 unspecified atom stereocenters. The predicted octanol–water partition coefficient (Wildman–Crippen LogP) is 2.04. The van der Waals surface area contributed by atoms with Gasteiger partial charge < -0.3 is 10.1 Å². The Balaban J connectivity index is 3.07. The molecule has 0 saturated carbocycles. The summed E-state index contributed by atoms with van der Waals surface area (Å²) in [6, 6.07) is 3.90.